The molecular weight excluding hydrogens is 420 g/mol. The van der Waals surface area contributed by atoms with E-state index in [4.69, 9.17) is 10.8 Å². The minimum atomic E-state index is -1.45. The minimum absolute atomic E-state index is 0.221. The van der Waals surface area contributed by atoms with E-state index in [1.54, 1.807) is 6.26 Å². The zero-order valence-corrected chi connectivity index (χ0v) is 17.4. The molecule has 12 nitrogen and oxygen atoms in total. The van der Waals surface area contributed by atoms with E-state index in [-0.39, 0.29) is 13.0 Å². The molecule has 0 radical (unpaired) electrons. The summed E-state index contributed by atoms with van der Waals surface area (Å²) < 4.78 is 0. The topological polar surface area (TPSA) is 199 Å². The van der Waals surface area contributed by atoms with Crippen LogP contribution in [0.1, 0.15) is 25.7 Å². The van der Waals surface area contributed by atoms with Crippen LogP contribution in [0.4, 0.5) is 0 Å². The third-order valence-electron chi connectivity index (χ3n) is 4.59. The fraction of sp³-hybridized carbons (Fsp3) is 0.706. The first-order valence-electron chi connectivity index (χ1n) is 9.33. The fourth-order valence-corrected chi connectivity index (χ4v) is 3.48. The van der Waals surface area contributed by atoms with E-state index in [9.17, 15) is 34.2 Å². The molecule has 1 rings (SSSR count). The average Bonchev–Trinajstić information content (AvgIpc) is 3.17. The summed E-state index contributed by atoms with van der Waals surface area (Å²) in [7, 11) is 0. The maximum absolute atomic E-state index is 12.9. The molecule has 1 saturated heterocycles. The maximum Gasteiger partial charge on any atom is 0.326 e. The number of carbonyl (C=O) groups excluding carboxylic acids is 3. The van der Waals surface area contributed by atoms with Crippen LogP contribution in [-0.2, 0) is 24.0 Å². The highest BCUT2D eigenvalue weighted by Crippen LogP contribution is 2.19. The predicted molar refractivity (Wildman–Crippen MR) is 107 cm³/mol. The zero-order valence-electron chi connectivity index (χ0n) is 16.6. The van der Waals surface area contributed by atoms with Gasteiger partial charge < -0.3 is 36.6 Å². The van der Waals surface area contributed by atoms with Gasteiger partial charge in [-0.25, -0.2) is 4.79 Å². The number of thioether (sulfide) groups is 1. The Morgan fingerprint density at radius 1 is 1.13 bits per heavy atom. The third kappa shape index (κ3) is 7.46. The van der Waals surface area contributed by atoms with E-state index >= 15 is 0 Å². The summed E-state index contributed by atoms with van der Waals surface area (Å²) in [6.07, 6.45) is 2.22. The monoisotopic (exact) mass is 448 g/mol. The van der Waals surface area contributed by atoms with Gasteiger partial charge in [0, 0.05) is 6.54 Å². The number of amides is 3. The van der Waals surface area contributed by atoms with Gasteiger partial charge in [-0.3, -0.25) is 19.2 Å². The Kier molecular flexibility index (Phi) is 10.6. The molecule has 30 heavy (non-hydrogen) atoms. The second-order valence-electron chi connectivity index (χ2n) is 6.82. The molecule has 0 spiro atoms. The number of carboxylic acid groups (broad SMARTS) is 2. The van der Waals surface area contributed by atoms with Crippen LogP contribution in [-0.4, -0.2) is 99.2 Å². The van der Waals surface area contributed by atoms with Crippen molar-refractivity contribution in [1.82, 2.24) is 15.5 Å². The lowest BCUT2D eigenvalue weighted by Crippen LogP contribution is -2.58. The standard InChI is InChI=1S/C17H28N4O8S/c1-30-6-4-10(16(27)21-5-2-3-12(21)17(28)29)19-15(26)11(8-22)20-14(25)9(18)7-13(23)24/h9-12,22H,2-8,18H2,1H3,(H,19,26)(H,20,25)(H,23,24)(H,28,29). The van der Waals surface area contributed by atoms with Gasteiger partial charge in [0.05, 0.1) is 19.1 Å². The van der Waals surface area contributed by atoms with Gasteiger partial charge in [0.15, 0.2) is 0 Å². The number of hydrogen-bond donors (Lipinski definition) is 6. The highest BCUT2D eigenvalue weighted by atomic mass is 32.2. The molecule has 0 bridgehead atoms. The normalized spacial score (nSPS) is 18.9. The summed E-state index contributed by atoms with van der Waals surface area (Å²) in [4.78, 5) is 60.6. The Balaban J connectivity index is 2.85. The van der Waals surface area contributed by atoms with E-state index in [2.05, 4.69) is 10.6 Å². The molecule has 1 fully saturated rings. The van der Waals surface area contributed by atoms with Gasteiger partial charge in [0.1, 0.15) is 18.1 Å². The average molecular weight is 448 g/mol. The van der Waals surface area contributed by atoms with Crippen molar-refractivity contribution >= 4 is 41.4 Å². The van der Waals surface area contributed by atoms with Gasteiger partial charge >= 0.3 is 11.9 Å². The third-order valence-corrected chi connectivity index (χ3v) is 5.24. The summed E-state index contributed by atoms with van der Waals surface area (Å²) in [5, 5.41) is 32.0. The lowest BCUT2D eigenvalue weighted by molar-refractivity contribution is -0.149. The Hall–Kier alpha value is -2.38. The molecule has 1 aliphatic heterocycles. The number of aliphatic carboxylic acids is 2. The lowest BCUT2D eigenvalue weighted by atomic mass is 10.1. The van der Waals surface area contributed by atoms with E-state index in [1.165, 1.54) is 16.7 Å². The van der Waals surface area contributed by atoms with Crippen LogP contribution in [0, 0.1) is 0 Å². The molecule has 170 valence electrons. The molecule has 3 amide bonds. The molecular formula is C17H28N4O8S. The molecule has 4 atom stereocenters. The van der Waals surface area contributed by atoms with Crippen LogP contribution in [0.2, 0.25) is 0 Å². The van der Waals surface area contributed by atoms with Crippen molar-refractivity contribution in [3.8, 4) is 0 Å². The van der Waals surface area contributed by atoms with E-state index in [1.807, 2.05) is 0 Å². The summed E-state index contributed by atoms with van der Waals surface area (Å²) in [6, 6.07) is -4.87. The van der Waals surface area contributed by atoms with Crippen molar-refractivity contribution in [3.63, 3.8) is 0 Å². The van der Waals surface area contributed by atoms with Crippen molar-refractivity contribution in [2.45, 2.75) is 49.9 Å². The number of aliphatic hydroxyl groups excluding tert-OH is 1. The SMILES string of the molecule is CSCCC(NC(=O)C(CO)NC(=O)C(N)CC(=O)O)C(=O)N1CCCC1C(=O)O. The Bertz CT molecular complexity index is 662. The Morgan fingerprint density at radius 3 is 2.30 bits per heavy atom. The first kappa shape index (κ1) is 25.7. The number of carbonyl (C=O) groups is 5. The molecule has 0 aliphatic carbocycles. The first-order valence-corrected chi connectivity index (χ1v) is 10.7. The van der Waals surface area contributed by atoms with Gasteiger partial charge in [-0.15, -0.1) is 0 Å². The van der Waals surface area contributed by atoms with E-state index < -0.39 is 66.9 Å². The van der Waals surface area contributed by atoms with Crippen molar-refractivity contribution in [2.24, 2.45) is 5.73 Å². The van der Waals surface area contributed by atoms with Crippen LogP contribution in [0.3, 0.4) is 0 Å². The predicted octanol–water partition coefficient (Wildman–Crippen LogP) is -2.42. The Morgan fingerprint density at radius 2 is 1.77 bits per heavy atom. The highest BCUT2D eigenvalue weighted by molar-refractivity contribution is 7.98. The van der Waals surface area contributed by atoms with Crippen molar-refractivity contribution in [2.75, 3.05) is 25.2 Å². The largest absolute Gasteiger partial charge is 0.481 e. The minimum Gasteiger partial charge on any atom is -0.481 e. The van der Waals surface area contributed by atoms with Gasteiger partial charge in [0.25, 0.3) is 0 Å². The van der Waals surface area contributed by atoms with Crippen LogP contribution in [0.25, 0.3) is 0 Å². The van der Waals surface area contributed by atoms with Crippen molar-refractivity contribution < 1.29 is 39.3 Å². The fourth-order valence-electron chi connectivity index (χ4n) is 3.01. The number of nitrogens with zero attached hydrogens (tertiary/aromatic N) is 1. The number of nitrogens with two attached hydrogens (primary N) is 1. The number of rotatable bonds is 12. The number of carboxylic acids is 2. The van der Waals surface area contributed by atoms with Crippen LogP contribution >= 0.6 is 11.8 Å². The smallest absolute Gasteiger partial charge is 0.326 e. The maximum atomic E-state index is 12.9. The second-order valence-corrected chi connectivity index (χ2v) is 7.80. The molecule has 4 unspecified atom stereocenters. The molecule has 0 saturated carbocycles. The molecule has 0 aromatic rings. The molecule has 7 N–H and O–H groups in total. The summed E-state index contributed by atoms with van der Waals surface area (Å²) in [6.45, 7) is -0.548. The molecule has 1 heterocycles. The highest BCUT2D eigenvalue weighted by Gasteiger charge is 2.38. The van der Waals surface area contributed by atoms with Gasteiger partial charge in [-0.05, 0) is 31.3 Å². The van der Waals surface area contributed by atoms with Gasteiger partial charge in [0.2, 0.25) is 17.7 Å². The summed E-state index contributed by atoms with van der Waals surface area (Å²) >= 11 is 1.43. The van der Waals surface area contributed by atoms with Crippen LogP contribution in [0.15, 0.2) is 0 Å². The van der Waals surface area contributed by atoms with Gasteiger partial charge in [-0.2, -0.15) is 11.8 Å². The van der Waals surface area contributed by atoms with Crippen LogP contribution in [0.5, 0.6) is 0 Å². The Labute approximate surface area is 177 Å². The molecule has 0 aromatic heterocycles. The summed E-state index contributed by atoms with van der Waals surface area (Å²) in [5.41, 5.74) is 5.44. The first-order chi connectivity index (χ1) is 14.1. The number of likely N-dealkylation sites (tertiary alicyclic amines) is 1. The number of aliphatic hydroxyl groups is 1. The lowest BCUT2D eigenvalue weighted by Gasteiger charge is -2.28. The van der Waals surface area contributed by atoms with E-state index in [0.717, 1.165) is 0 Å². The molecule has 1 aliphatic rings. The van der Waals surface area contributed by atoms with Crippen molar-refractivity contribution in [1.29, 1.82) is 0 Å². The van der Waals surface area contributed by atoms with E-state index in [0.29, 0.717) is 18.6 Å². The quantitative estimate of drug-likeness (QED) is 0.187. The number of nitrogens with one attached hydrogen (secondary N) is 2. The van der Waals surface area contributed by atoms with Crippen molar-refractivity contribution in [3.05, 3.63) is 0 Å². The number of hydrogen-bond acceptors (Lipinski definition) is 8. The zero-order chi connectivity index (χ0) is 22.8. The molecule has 13 heteroatoms. The van der Waals surface area contributed by atoms with Gasteiger partial charge in [-0.1, -0.05) is 0 Å². The summed E-state index contributed by atoms with van der Waals surface area (Å²) in [5.74, 6) is -4.27. The molecule has 0 aromatic carbocycles. The van der Waals surface area contributed by atoms with Crippen LogP contribution < -0.4 is 16.4 Å². The second kappa shape index (κ2) is 12.3.